The van der Waals surface area contributed by atoms with Crippen molar-refractivity contribution in [2.75, 3.05) is 7.11 Å². The van der Waals surface area contributed by atoms with E-state index in [9.17, 15) is 13.6 Å². The molecule has 0 aliphatic rings. The number of ether oxygens (including phenoxy) is 2. The number of aromatic carboxylic acids is 1. The maximum Gasteiger partial charge on any atom is 0.335 e. The van der Waals surface area contributed by atoms with Crippen molar-refractivity contribution in [3.8, 4) is 11.5 Å². The van der Waals surface area contributed by atoms with Crippen molar-refractivity contribution in [2.45, 2.75) is 6.61 Å². The molecule has 1 N–H and O–H groups in total. The molecule has 0 bridgehead atoms. The van der Waals surface area contributed by atoms with Crippen molar-refractivity contribution in [3.05, 3.63) is 59.2 Å². The lowest BCUT2D eigenvalue weighted by atomic mass is 10.2. The first kappa shape index (κ1) is 14.9. The minimum atomic E-state index is -1.42. The van der Waals surface area contributed by atoms with Crippen molar-refractivity contribution in [2.24, 2.45) is 0 Å². The summed E-state index contributed by atoms with van der Waals surface area (Å²) in [7, 11) is 1.53. The van der Waals surface area contributed by atoms with E-state index in [2.05, 4.69) is 0 Å². The fraction of sp³-hybridized carbons (Fsp3) is 0.133. The molecule has 0 aromatic heterocycles. The Balaban J connectivity index is 2.31. The largest absolute Gasteiger partial charge is 0.478 e. The van der Waals surface area contributed by atoms with Gasteiger partial charge in [0.25, 0.3) is 0 Å². The van der Waals surface area contributed by atoms with Gasteiger partial charge in [-0.3, -0.25) is 0 Å². The fourth-order valence-corrected chi connectivity index (χ4v) is 1.76. The monoisotopic (exact) mass is 294 g/mol. The number of hydrogen-bond donors (Lipinski definition) is 1. The van der Waals surface area contributed by atoms with Gasteiger partial charge in [0.2, 0.25) is 0 Å². The summed E-state index contributed by atoms with van der Waals surface area (Å²) in [5, 5.41) is 8.72. The molecule has 0 fully saturated rings. The number of benzene rings is 2. The van der Waals surface area contributed by atoms with Gasteiger partial charge < -0.3 is 14.6 Å². The molecule has 6 heteroatoms. The normalized spacial score (nSPS) is 10.4. The quantitative estimate of drug-likeness (QED) is 0.915. The molecule has 0 atom stereocenters. The zero-order chi connectivity index (χ0) is 15.4. The minimum absolute atomic E-state index is 0.227. The third kappa shape index (κ3) is 3.55. The number of rotatable bonds is 5. The van der Waals surface area contributed by atoms with Crippen LogP contribution in [0.1, 0.15) is 15.9 Å². The number of methoxy groups -OCH3 is 1. The molecule has 0 heterocycles. The molecule has 2 aromatic rings. The van der Waals surface area contributed by atoms with Gasteiger partial charge in [-0.05, 0) is 29.8 Å². The van der Waals surface area contributed by atoms with Gasteiger partial charge in [-0.25, -0.2) is 13.6 Å². The predicted molar refractivity (Wildman–Crippen MR) is 70.5 cm³/mol. The fourth-order valence-electron chi connectivity index (χ4n) is 1.76. The molecule has 110 valence electrons. The maximum absolute atomic E-state index is 13.8. The minimum Gasteiger partial charge on any atom is -0.478 e. The lowest BCUT2D eigenvalue weighted by Gasteiger charge is -2.10. The molecule has 0 amide bonds. The van der Waals surface area contributed by atoms with E-state index in [-0.39, 0.29) is 5.75 Å². The summed E-state index contributed by atoms with van der Waals surface area (Å²) in [6.07, 6.45) is 0. The Morgan fingerprint density at radius 3 is 2.43 bits per heavy atom. The number of carboxylic acids is 1. The Kier molecular flexibility index (Phi) is 4.49. The average molecular weight is 294 g/mol. The summed E-state index contributed by atoms with van der Waals surface area (Å²) >= 11 is 0. The van der Waals surface area contributed by atoms with Crippen LogP contribution in [0.5, 0.6) is 11.5 Å². The highest BCUT2D eigenvalue weighted by molar-refractivity contribution is 5.87. The molecule has 4 nitrogen and oxygen atoms in total. The SMILES string of the molecule is COCc1cccc(Oc2c(F)cc(C(=O)O)cc2F)c1. The molecule has 0 aliphatic heterocycles. The van der Waals surface area contributed by atoms with Crippen LogP contribution >= 0.6 is 0 Å². The van der Waals surface area contributed by atoms with Crippen molar-refractivity contribution in [3.63, 3.8) is 0 Å². The van der Waals surface area contributed by atoms with Gasteiger partial charge in [0.15, 0.2) is 17.4 Å². The molecule has 21 heavy (non-hydrogen) atoms. The Morgan fingerprint density at radius 2 is 1.86 bits per heavy atom. The van der Waals surface area contributed by atoms with E-state index >= 15 is 0 Å². The first-order valence-corrected chi connectivity index (χ1v) is 5.99. The van der Waals surface area contributed by atoms with Crippen molar-refractivity contribution in [1.29, 1.82) is 0 Å². The molecule has 2 rings (SSSR count). The van der Waals surface area contributed by atoms with E-state index in [0.29, 0.717) is 18.7 Å². The van der Waals surface area contributed by atoms with Gasteiger partial charge in [-0.1, -0.05) is 12.1 Å². The first-order chi connectivity index (χ1) is 10.0. The molecule has 0 spiro atoms. The zero-order valence-corrected chi connectivity index (χ0v) is 11.1. The van der Waals surface area contributed by atoms with Crippen LogP contribution in [0.25, 0.3) is 0 Å². The highest BCUT2D eigenvalue weighted by Gasteiger charge is 2.16. The summed E-state index contributed by atoms with van der Waals surface area (Å²) in [6, 6.07) is 7.96. The van der Waals surface area contributed by atoms with E-state index in [1.165, 1.54) is 13.2 Å². The topological polar surface area (TPSA) is 55.8 Å². The predicted octanol–water partition coefficient (Wildman–Crippen LogP) is 3.60. The lowest BCUT2D eigenvalue weighted by molar-refractivity contribution is 0.0695. The highest BCUT2D eigenvalue weighted by Crippen LogP contribution is 2.29. The Hall–Kier alpha value is -2.47. The Bertz CT molecular complexity index is 647. The smallest absolute Gasteiger partial charge is 0.335 e. The highest BCUT2D eigenvalue weighted by atomic mass is 19.1. The van der Waals surface area contributed by atoms with Crippen LogP contribution in [0.2, 0.25) is 0 Å². The molecule has 0 saturated heterocycles. The van der Waals surface area contributed by atoms with Gasteiger partial charge in [0.05, 0.1) is 12.2 Å². The van der Waals surface area contributed by atoms with Crippen LogP contribution in [0.4, 0.5) is 8.78 Å². The molecule has 2 aromatic carbocycles. The first-order valence-electron chi connectivity index (χ1n) is 5.99. The maximum atomic E-state index is 13.8. The molecule has 0 radical (unpaired) electrons. The second-order valence-electron chi connectivity index (χ2n) is 4.26. The Labute approximate surface area is 119 Å². The molecular weight excluding hydrogens is 282 g/mol. The molecular formula is C15H12F2O4. The Morgan fingerprint density at radius 1 is 1.19 bits per heavy atom. The van der Waals surface area contributed by atoms with Gasteiger partial charge in [0, 0.05) is 7.11 Å². The van der Waals surface area contributed by atoms with E-state index in [1.54, 1.807) is 18.2 Å². The number of hydrogen-bond acceptors (Lipinski definition) is 3. The van der Waals surface area contributed by atoms with Gasteiger partial charge in [-0.2, -0.15) is 0 Å². The van der Waals surface area contributed by atoms with Crippen molar-refractivity contribution >= 4 is 5.97 Å². The summed E-state index contributed by atoms with van der Waals surface area (Å²) in [5.74, 6) is -3.99. The van der Waals surface area contributed by atoms with Crippen molar-refractivity contribution < 1.29 is 28.2 Å². The van der Waals surface area contributed by atoms with Gasteiger partial charge in [0.1, 0.15) is 5.75 Å². The third-order valence-electron chi connectivity index (χ3n) is 2.67. The zero-order valence-electron chi connectivity index (χ0n) is 11.1. The second-order valence-corrected chi connectivity index (χ2v) is 4.26. The number of carboxylic acid groups (broad SMARTS) is 1. The summed E-state index contributed by atoms with van der Waals surface area (Å²) < 4.78 is 37.6. The van der Waals surface area contributed by atoms with E-state index in [1.807, 2.05) is 0 Å². The van der Waals surface area contributed by atoms with Crippen LogP contribution in [0.15, 0.2) is 36.4 Å². The number of carbonyl (C=O) groups is 1. The molecule has 0 saturated carbocycles. The van der Waals surface area contributed by atoms with Crippen molar-refractivity contribution in [1.82, 2.24) is 0 Å². The molecule has 0 aliphatic carbocycles. The van der Waals surface area contributed by atoms with Gasteiger partial charge >= 0.3 is 5.97 Å². The second kappa shape index (κ2) is 6.32. The van der Waals surface area contributed by atoms with Gasteiger partial charge in [-0.15, -0.1) is 0 Å². The van der Waals surface area contributed by atoms with E-state index in [0.717, 1.165) is 5.56 Å². The third-order valence-corrected chi connectivity index (χ3v) is 2.67. The van der Waals surface area contributed by atoms with Crippen LogP contribution < -0.4 is 4.74 Å². The summed E-state index contributed by atoms with van der Waals surface area (Å²) in [5.41, 5.74) is 0.295. The van der Waals surface area contributed by atoms with Crippen LogP contribution in [-0.2, 0) is 11.3 Å². The van der Waals surface area contributed by atoms with Crippen LogP contribution in [0.3, 0.4) is 0 Å². The number of halogens is 2. The summed E-state index contributed by atoms with van der Waals surface area (Å²) in [6.45, 7) is 0.333. The van der Waals surface area contributed by atoms with E-state index < -0.39 is 28.9 Å². The van der Waals surface area contributed by atoms with E-state index in [4.69, 9.17) is 14.6 Å². The van der Waals surface area contributed by atoms with Crippen LogP contribution in [-0.4, -0.2) is 18.2 Å². The molecule has 0 unspecified atom stereocenters. The standard InChI is InChI=1S/C15H12F2O4/c1-20-8-9-3-2-4-11(5-9)21-14-12(16)6-10(15(18)19)7-13(14)17/h2-7H,8H2,1H3,(H,18,19). The summed E-state index contributed by atoms with van der Waals surface area (Å²) in [4.78, 5) is 10.7. The average Bonchev–Trinajstić information content (AvgIpc) is 2.43. The lowest BCUT2D eigenvalue weighted by Crippen LogP contribution is -2.01. The van der Waals surface area contributed by atoms with Crippen LogP contribution in [0, 0.1) is 11.6 Å².